The normalized spacial score (nSPS) is 41.3. The molecule has 4 atom stereocenters. The van der Waals surface area contributed by atoms with E-state index < -0.39 is 0 Å². The van der Waals surface area contributed by atoms with Crippen LogP contribution in [0.1, 0.15) is 72.1 Å². The summed E-state index contributed by atoms with van der Waals surface area (Å²) >= 11 is 0. The van der Waals surface area contributed by atoms with Crippen LogP contribution in [0.4, 0.5) is 0 Å². The maximum atomic E-state index is 6.41. The second-order valence-electron chi connectivity index (χ2n) is 7.51. The van der Waals surface area contributed by atoms with E-state index in [1.807, 2.05) is 0 Å². The number of hydrogen-bond acceptors (Lipinski definition) is 2. The Bertz CT molecular complexity index is 264. The molecule has 0 bridgehead atoms. The molecule has 0 heterocycles. The summed E-state index contributed by atoms with van der Waals surface area (Å²) in [6, 6.07) is 0.271. The van der Waals surface area contributed by atoms with Crippen LogP contribution in [-0.2, 0) is 4.74 Å². The monoisotopic (exact) mass is 253 g/mol. The van der Waals surface area contributed by atoms with Gasteiger partial charge in [-0.25, -0.2) is 0 Å². The summed E-state index contributed by atoms with van der Waals surface area (Å²) in [5.41, 5.74) is 6.72. The van der Waals surface area contributed by atoms with Crippen LogP contribution < -0.4 is 5.73 Å². The lowest BCUT2D eigenvalue weighted by Crippen LogP contribution is -2.41. The average Bonchev–Trinajstić information content (AvgIpc) is 2.41. The summed E-state index contributed by atoms with van der Waals surface area (Å²) in [6.45, 7) is 7.13. The molecule has 18 heavy (non-hydrogen) atoms. The van der Waals surface area contributed by atoms with Crippen LogP contribution in [0.2, 0.25) is 0 Å². The maximum Gasteiger partial charge on any atom is 0.0729 e. The highest BCUT2D eigenvalue weighted by Crippen LogP contribution is 2.40. The summed E-state index contributed by atoms with van der Waals surface area (Å²) in [6.07, 6.45) is 10.8. The highest BCUT2D eigenvalue weighted by molar-refractivity contribution is 4.86. The second kappa shape index (κ2) is 5.92. The molecular formula is C16H31NO. The minimum absolute atomic E-state index is 0.271. The lowest BCUT2D eigenvalue weighted by Gasteiger charge is -2.40. The van der Waals surface area contributed by atoms with Gasteiger partial charge in [0, 0.05) is 6.04 Å². The smallest absolute Gasteiger partial charge is 0.0729 e. The Hall–Kier alpha value is -0.0800. The van der Waals surface area contributed by atoms with E-state index in [0.29, 0.717) is 17.6 Å². The van der Waals surface area contributed by atoms with Crippen molar-refractivity contribution in [3.05, 3.63) is 0 Å². The zero-order valence-corrected chi connectivity index (χ0v) is 12.5. The third-order valence-corrected chi connectivity index (χ3v) is 4.72. The Kier molecular flexibility index (Phi) is 4.71. The minimum atomic E-state index is 0.271. The predicted molar refractivity (Wildman–Crippen MR) is 76.5 cm³/mol. The fraction of sp³-hybridized carbons (Fsp3) is 1.00. The van der Waals surface area contributed by atoms with Crippen molar-refractivity contribution < 1.29 is 4.74 Å². The first-order valence-corrected chi connectivity index (χ1v) is 7.87. The first-order chi connectivity index (χ1) is 8.46. The Balaban J connectivity index is 1.91. The van der Waals surface area contributed by atoms with Crippen LogP contribution in [0.15, 0.2) is 0 Å². The van der Waals surface area contributed by atoms with Crippen LogP contribution in [0.5, 0.6) is 0 Å². The van der Waals surface area contributed by atoms with Gasteiger partial charge in [0.25, 0.3) is 0 Å². The molecule has 2 aliphatic rings. The SMILES string of the molecule is CC1CC(OC2CCCCCC2N)CC(C)(C)C1. The molecule has 2 rings (SSSR count). The van der Waals surface area contributed by atoms with Crippen molar-refractivity contribution in [2.24, 2.45) is 17.1 Å². The van der Waals surface area contributed by atoms with E-state index in [1.165, 1.54) is 44.9 Å². The lowest BCUT2D eigenvalue weighted by atomic mass is 9.71. The first kappa shape index (κ1) is 14.3. The van der Waals surface area contributed by atoms with E-state index in [2.05, 4.69) is 20.8 Å². The van der Waals surface area contributed by atoms with Crippen molar-refractivity contribution in [3.63, 3.8) is 0 Å². The van der Waals surface area contributed by atoms with Gasteiger partial charge in [-0.05, 0) is 43.4 Å². The zero-order valence-electron chi connectivity index (χ0n) is 12.5. The minimum Gasteiger partial charge on any atom is -0.373 e. The van der Waals surface area contributed by atoms with Crippen molar-refractivity contribution in [1.82, 2.24) is 0 Å². The summed E-state index contributed by atoms with van der Waals surface area (Å²) in [5, 5.41) is 0. The summed E-state index contributed by atoms with van der Waals surface area (Å²) in [7, 11) is 0. The van der Waals surface area contributed by atoms with E-state index in [9.17, 15) is 0 Å². The third-order valence-electron chi connectivity index (χ3n) is 4.72. The van der Waals surface area contributed by atoms with Gasteiger partial charge in [0.15, 0.2) is 0 Å². The van der Waals surface area contributed by atoms with Crippen molar-refractivity contribution in [2.45, 2.75) is 90.4 Å². The topological polar surface area (TPSA) is 35.2 Å². The van der Waals surface area contributed by atoms with E-state index in [1.54, 1.807) is 0 Å². The molecule has 0 radical (unpaired) electrons. The molecule has 0 aromatic carbocycles. The maximum absolute atomic E-state index is 6.41. The molecule has 2 saturated carbocycles. The molecular weight excluding hydrogens is 222 g/mol. The molecule has 0 spiro atoms. The van der Waals surface area contributed by atoms with Gasteiger partial charge in [-0.3, -0.25) is 0 Å². The third kappa shape index (κ3) is 3.96. The van der Waals surface area contributed by atoms with Gasteiger partial charge in [-0.1, -0.05) is 40.0 Å². The molecule has 106 valence electrons. The number of ether oxygens (including phenoxy) is 1. The largest absolute Gasteiger partial charge is 0.373 e. The van der Waals surface area contributed by atoms with Crippen LogP contribution in [0.25, 0.3) is 0 Å². The molecule has 0 aromatic heterocycles. The molecule has 2 aliphatic carbocycles. The van der Waals surface area contributed by atoms with Gasteiger partial charge in [0.2, 0.25) is 0 Å². The molecule has 0 aromatic rings. The highest BCUT2D eigenvalue weighted by Gasteiger charge is 2.34. The zero-order chi connectivity index (χ0) is 13.2. The van der Waals surface area contributed by atoms with Gasteiger partial charge in [0.05, 0.1) is 12.2 Å². The Morgan fingerprint density at radius 2 is 1.78 bits per heavy atom. The van der Waals surface area contributed by atoms with Crippen molar-refractivity contribution in [3.8, 4) is 0 Å². The number of rotatable bonds is 2. The molecule has 0 amide bonds. The molecule has 2 heteroatoms. The highest BCUT2D eigenvalue weighted by atomic mass is 16.5. The number of nitrogens with two attached hydrogens (primary N) is 1. The summed E-state index contributed by atoms with van der Waals surface area (Å²) in [5.74, 6) is 0.792. The van der Waals surface area contributed by atoms with Crippen LogP contribution >= 0.6 is 0 Å². The van der Waals surface area contributed by atoms with Crippen molar-refractivity contribution in [2.75, 3.05) is 0 Å². The van der Waals surface area contributed by atoms with E-state index in [4.69, 9.17) is 10.5 Å². The van der Waals surface area contributed by atoms with E-state index >= 15 is 0 Å². The Labute approximate surface area is 113 Å². The first-order valence-electron chi connectivity index (χ1n) is 7.87. The van der Waals surface area contributed by atoms with Gasteiger partial charge in [-0.15, -0.1) is 0 Å². The van der Waals surface area contributed by atoms with Crippen LogP contribution in [0, 0.1) is 11.3 Å². The Morgan fingerprint density at radius 3 is 2.50 bits per heavy atom. The fourth-order valence-electron chi connectivity index (χ4n) is 4.08. The standard InChI is InChI=1S/C16H31NO/c1-12-9-13(11-16(2,3)10-12)18-15-8-6-4-5-7-14(15)17/h12-15H,4-11,17H2,1-3H3. The fourth-order valence-corrected chi connectivity index (χ4v) is 4.08. The second-order valence-corrected chi connectivity index (χ2v) is 7.51. The molecule has 2 N–H and O–H groups in total. The molecule has 2 fully saturated rings. The van der Waals surface area contributed by atoms with E-state index in [-0.39, 0.29) is 6.04 Å². The summed E-state index contributed by atoms with van der Waals surface area (Å²) in [4.78, 5) is 0. The molecule has 0 saturated heterocycles. The molecule has 0 aliphatic heterocycles. The lowest BCUT2D eigenvalue weighted by molar-refractivity contribution is -0.0755. The summed E-state index contributed by atoms with van der Waals surface area (Å²) < 4.78 is 6.41. The molecule has 2 nitrogen and oxygen atoms in total. The average molecular weight is 253 g/mol. The van der Waals surface area contributed by atoms with Crippen LogP contribution in [-0.4, -0.2) is 18.2 Å². The van der Waals surface area contributed by atoms with Crippen molar-refractivity contribution >= 4 is 0 Å². The quantitative estimate of drug-likeness (QED) is 0.758. The Morgan fingerprint density at radius 1 is 1.06 bits per heavy atom. The van der Waals surface area contributed by atoms with Gasteiger partial charge < -0.3 is 10.5 Å². The predicted octanol–water partition coefficient (Wildman–Crippen LogP) is 3.88. The van der Waals surface area contributed by atoms with Gasteiger partial charge in [-0.2, -0.15) is 0 Å². The number of hydrogen-bond donors (Lipinski definition) is 1. The van der Waals surface area contributed by atoms with E-state index in [0.717, 1.165) is 12.3 Å². The van der Waals surface area contributed by atoms with Gasteiger partial charge in [0.1, 0.15) is 0 Å². The molecule has 4 unspecified atom stereocenters. The van der Waals surface area contributed by atoms with Gasteiger partial charge >= 0.3 is 0 Å². The van der Waals surface area contributed by atoms with Crippen LogP contribution in [0.3, 0.4) is 0 Å². The van der Waals surface area contributed by atoms with Crippen molar-refractivity contribution in [1.29, 1.82) is 0 Å².